The Morgan fingerprint density at radius 1 is 1.40 bits per heavy atom. The highest BCUT2D eigenvalue weighted by Crippen LogP contribution is 2.46. The minimum Gasteiger partial charge on any atom is -0.236 e. The highest BCUT2D eigenvalue weighted by Gasteiger charge is 2.37. The first-order chi connectivity index (χ1) is 7.00. The van der Waals surface area contributed by atoms with Crippen LogP contribution in [0.15, 0.2) is 4.47 Å². The summed E-state index contributed by atoms with van der Waals surface area (Å²) >= 11 is 9.53. The quantitative estimate of drug-likeness (QED) is 0.765. The SMILES string of the molecule is CC(C)c1nc(C2CC2C)nc(Cl)c1Br. The summed E-state index contributed by atoms with van der Waals surface area (Å²) in [7, 11) is 0. The van der Waals surface area contributed by atoms with E-state index in [1.807, 2.05) is 0 Å². The van der Waals surface area contributed by atoms with Gasteiger partial charge in [0, 0.05) is 5.92 Å². The maximum absolute atomic E-state index is 6.08. The average molecular weight is 290 g/mol. The first-order valence-electron chi connectivity index (χ1n) is 5.23. The number of halogens is 2. The molecule has 2 nitrogen and oxygen atoms in total. The molecular formula is C11H14BrClN2. The van der Waals surface area contributed by atoms with E-state index in [0.717, 1.165) is 16.0 Å². The van der Waals surface area contributed by atoms with E-state index >= 15 is 0 Å². The van der Waals surface area contributed by atoms with Crippen LogP contribution in [-0.4, -0.2) is 9.97 Å². The van der Waals surface area contributed by atoms with Gasteiger partial charge < -0.3 is 0 Å². The molecule has 0 amide bonds. The van der Waals surface area contributed by atoms with E-state index in [1.165, 1.54) is 6.42 Å². The second-order valence-electron chi connectivity index (χ2n) is 4.55. The Morgan fingerprint density at radius 3 is 2.47 bits per heavy atom. The largest absolute Gasteiger partial charge is 0.236 e. The lowest BCUT2D eigenvalue weighted by atomic mass is 10.1. The van der Waals surface area contributed by atoms with Gasteiger partial charge in [-0.15, -0.1) is 0 Å². The van der Waals surface area contributed by atoms with E-state index in [9.17, 15) is 0 Å². The van der Waals surface area contributed by atoms with Gasteiger partial charge in [0.25, 0.3) is 0 Å². The maximum Gasteiger partial charge on any atom is 0.147 e. The van der Waals surface area contributed by atoms with Crippen molar-refractivity contribution in [1.82, 2.24) is 9.97 Å². The van der Waals surface area contributed by atoms with Crippen LogP contribution >= 0.6 is 27.5 Å². The number of nitrogens with zero attached hydrogens (tertiary/aromatic N) is 2. The Morgan fingerprint density at radius 2 is 2.00 bits per heavy atom. The average Bonchev–Trinajstić information content (AvgIpc) is 2.87. The van der Waals surface area contributed by atoms with E-state index in [4.69, 9.17) is 11.6 Å². The third-order valence-electron chi connectivity index (χ3n) is 2.84. The zero-order valence-electron chi connectivity index (χ0n) is 9.09. The van der Waals surface area contributed by atoms with Crippen molar-refractivity contribution in [3.05, 3.63) is 21.1 Å². The van der Waals surface area contributed by atoms with Gasteiger partial charge in [0.2, 0.25) is 0 Å². The van der Waals surface area contributed by atoms with Crippen LogP contribution in [0, 0.1) is 5.92 Å². The van der Waals surface area contributed by atoms with Gasteiger partial charge in [0.15, 0.2) is 0 Å². The summed E-state index contributed by atoms with van der Waals surface area (Å²) in [5, 5.41) is 0.544. The van der Waals surface area contributed by atoms with Crippen molar-refractivity contribution in [1.29, 1.82) is 0 Å². The fourth-order valence-corrected chi connectivity index (χ4v) is 2.50. The van der Waals surface area contributed by atoms with Gasteiger partial charge in [0.05, 0.1) is 10.2 Å². The van der Waals surface area contributed by atoms with Crippen LogP contribution < -0.4 is 0 Å². The molecule has 2 rings (SSSR count). The lowest BCUT2D eigenvalue weighted by molar-refractivity contribution is 0.760. The monoisotopic (exact) mass is 288 g/mol. The van der Waals surface area contributed by atoms with Crippen LogP contribution in [0.1, 0.15) is 50.5 Å². The Labute approximate surface area is 104 Å². The first-order valence-corrected chi connectivity index (χ1v) is 6.40. The van der Waals surface area contributed by atoms with Gasteiger partial charge in [-0.25, -0.2) is 9.97 Å². The van der Waals surface area contributed by atoms with Crippen molar-refractivity contribution in [2.75, 3.05) is 0 Å². The molecule has 82 valence electrons. The second kappa shape index (κ2) is 4.02. The van der Waals surface area contributed by atoms with Crippen molar-refractivity contribution in [3.8, 4) is 0 Å². The molecule has 1 aromatic heterocycles. The van der Waals surface area contributed by atoms with Crippen LogP contribution in [0.2, 0.25) is 5.15 Å². The topological polar surface area (TPSA) is 25.8 Å². The maximum atomic E-state index is 6.08. The van der Waals surface area contributed by atoms with Crippen LogP contribution in [0.3, 0.4) is 0 Å². The molecular weight excluding hydrogens is 275 g/mol. The highest BCUT2D eigenvalue weighted by atomic mass is 79.9. The van der Waals surface area contributed by atoms with Crippen molar-refractivity contribution < 1.29 is 0 Å². The molecule has 1 aliphatic carbocycles. The fraction of sp³-hybridized carbons (Fsp3) is 0.636. The normalized spacial score (nSPS) is 24.7. The van der Waals surface area contributed by atoms with E-state index in [2.05, 4.69) is 46.7 Å². The molecule has 1 saturated carbocycles. The minimum absolute atomic E-state index is 0.368. The lowest BCUT2D eigenvalue weighted by Crippen LogP contribution is -2.02. The summed E-state index contributed by atoms with van der Waals surface area (Å²) < 4.78 is 0.844. The number of hydrogen-bond donors (Lipinski definition) is 0. The van der Waals surface area contributed by atoms with Gasteiger partial charge in [-0.3, -0.25) is 0 Å². The van der Waals surface area contributed by atoms with Crippen LogP contribution in [0.25, 0.3) is 0 Å². The van der Waals surface area contributed by atoms with Gasteiger partial charge in [0.1, 0.15) is 11.0 Å². The highest BCUT2D eigenvalue weighted by molar-refractivity contribution is 9.10. The molecule has 2 unspecified atom stereocenters. The molecule has 0 saturated heterocycles. The molecule has 0 bridgehead atoms. The third kappa shape index (κ3) is 2.18. The molecule has 4 heteroatoms. The van der Waals surface area contributed by atoms with Crippen molar-refractivity contribution in [3.63, 3.8) is 0 Å². The molecule has 1 aromatic rings. The van der Waals surface area contributed by atoms with Crippen LogP contribution in [-0.2, 0) is 0 Å². The van der Waals surface area contributed by atoms with Gasteiger partial charge >= 0.3 is 0 Å². The molecule has 1 fully saturated rings. The number of aromatic nitrogens is 2. The predicted molar refractivity (Wildman–Crippen MR) is 65.4 cm³/mol. The molecule has 0 aliphatic heterocycles. The summed E-state index contributed by atoms with van der Waals surface area (Å²) in [6, 6.07) is 0. The molecule has 0 aromatic carbocycles. The summed E-state index contributed by atoms with van der Waals surface area (Å²) in [6.07, 6.45) is 1.19. The predicted octanol–water partition coefficient (Wildman–Crippen LogP) is 4.14. The third-order valence-corrected chi connectivity index (χ3v) is 4.13. The lowest BCUT2D eigenvalue weighted by Gasteiger charge is -2.10. The molecule has 1 heterocycles. The number of rotatable bonds is 2. The van der Waals surface area contributed by atoms with E-state index in [1.54, 1.807) is 0 Å². The van der Waals surface area contributed by atoms with Gasteiger partial charge in [-0.2, -0.15) is 0 Å². The molecule has 2 atom stereocenters. The second-order valence-corrected chi connectivity index (χ2v) is 5.70. The van der Waals surface area contributed by atoms with Crippen LogP contribution in [0.4, 0.5) is 0 Å². The Hall–Kier alpha value is -0.150. The summed E-state index contributed by atoms with van der Waals surface area (Å²) in [5.74, 6) is 2.52. The molecule has 0 spiro atoms. The minimum atomic E-state index is 0.368. The van der Waals surface area contributed by atoms with Gasteiger partial charge in [-0.05, 0) is 34.2 Å². The standard InChI is InChI=1S/C11H14BrClN2/c1-5(2)9-8(12)10(13)15-11(14-9)7-4-6(7)3/h5-7H,4H2,1-3H3. The van der Waals surface area contributed by atoms with E-state index in [-0.39, 0.29) is 0 Å². The molecule has 15 heavy (non-hydrogen) atoms. The summed E-state index contributed by atoms with van der Waals surface area (Å²) in [6.45, 7) is 6.45. The Balaban J connectivity index is 2.42. The van der Waals surface area contributed by atoms with E-state index < -0.39 is 0 Å². The fourth-order valence-electron chi connectivity index (χ4n) is 1.68. The first kappa shape index (κ1) is 11.3. The van der Waals surface area contributed by atoms with Crippen LogP contribution in [0.5, 0.6) is 0 Å². The summed E-state index contributed by atoms with van der Waals surface area (Å²) in [5.41, 5.74) is 1.02. The molecule has 0 N–H and O–H groups in total. The van der Waals surface area contributed by atoms with Crippen molar-refractivity contribution >= 4 is 27.5 Å². The molecule has 0 radical (unpaired) electrons. The number of hydrogen-bond acceptors (Lipinski definition) is 2. The van der Waals surface area contributed by atoms with Crippen molar-refractivity contribution in [2.45, 2.75) is 39.0 Å². The smallest absolute Gasteiger partial charge is 0.147 e. The van der Waals surface area contributed by atoms with E-state index in [0.29, 0.717) is 22.9 Å². The molecule has 1 aliphatic rings. The Bertz CT molecular complexity index is 392. The van der Waals surface area contributed by atoms with Gasteiger partial charge in [-0.1, -0.05) is 32.4 Å². The Kier molecular flexibility index (Phi) is 3.04. The zero-order chi connectivity index (χ0) is 11.2. The van der Waals surface area contributed by atoms with Crippen molar-refractivity contribution in [2.24, 2.45) is 5.92 Å². The zero-order valence-corrected chi connectivity index (χ0v) is 11.4. The summed E-state index contributed by atoms with van der Waals surface area (Å²) in [4.78, 5) is 8.94.